The van der Waals surface area contributed by atoms with Gasteiger partial charge in [-0.1, -0.05) is 24.3 Å². The zero-order valence-electron chi connectivity index (χ0n) is 34.9. The molecule has 3 aliphatic rings. The average Bonchev–Trinajstić information content (AvgIpc) is 3.85. The fourth-order valence-corrected chi connectivity index (χ4v) is 9.05. The van der Waals surface area contributed by atoms with Crippen LogP contribution in [0.25, 0.3) is 11.1 Å². The van der Waals surface area contributed by atoms with Crippen molar-refractivity contribution in [1.82, 2.24) is 9.80 Å². The summed E-state index contributed by atoms with van der Waals surface area (Å²) in [5.41, 5.74) is 3.03. The van der Waals surface area contributed by atoms with Crippen molar-refractivity contribution < 1.29 is 64.0 Å². The fraction of sp³-hybridized carbons (Fsp3) is 0.302. The first-order chi connectivity index (χ1) is 30.0. The molecule has 2 amide bonds. The van der Waals surface area contributed by atoms with Crippen molar-refractivity contribution in [3.8, 4) is 34.5 Å². The largest absolute Gasteiger partial charge is 0.497 e. The van der Waals surface area contributed by atoms with E-state index in [1.807, 2.05) is 35.9 Å². The number of carbonyl (C=O) groups is 2. The van der Waals surface area contributed by atoms with Gasteiger partial charge in [0.25, 0.3) is 21.9 Å². The van der Waals surface area contributed by atoms with E-state index in [2.05, 4.69) is 5.32 Å². The van der Waals surface area contributed by atoms with Crippen molar-refractivity contribution in [2.75, 3.05) is 51.7 Å². The maximum absolute atomic E-state index is 14.0. The fourth-order valence-electron chi connectivity index (χ4n) is 7.71. The molecule has 3 atom stereocenters. The van der Waals surface area contributed by atoms with Crippen molar-refractivity contribution in [2.24, 2.45) is 0 Å². The van der Waals surface area contributed by atoms with Crippen LogP contribution in [0.2, 0.25) is 0 Å². The molecule has 0 fully saturated rings. The van der Waals surface area contributed by atoms with Gasteiger partial charge in [0, 0.05) is 37.0 Å². The van der Waals surface area contributed by atoms with E-state index in [0.717, 1.165) is 16.7 Å². The van der Waals surface area contributed by atoms with Crippen molar-refractivity contribution in [2.45, 2.75) is 43.6 Å². The Balaban J connectivity index is 1.06. The van der Waals surface area contributed by atoms with Gasteiger partial charge in [0.15, 0.2) is 28.4 Å². The van der Waals surface area contributed by atoms with Crippen molar-refractivity contribution in [3.63, 3.8) is 0 Å². The van der Waals surface area contributed by atoms with Crippen molar-refractivity contribution >= 4 is 54.8 Å². The topological polar surface area (TPSA) is 229 Å². The minimum atomic E-state index is -4.84. The van der Waals surface area contributed by atoms with Crippen molar-refractivity contribution in [3.05, 3.63) is 107 Å². The SMILES string of the molecule is COc1ccc(C2=CN(C(=O)c3cc(OC)c(OCCCOc4cc5c(cc4OC)C(=O)N4C=C(c6ccc(OC)cc6)CC4C(S(=O)(=O)O)N5)cc3NS(=O)(=O)O)C(C)C2)cc1. The van der Waals surface area contributed by atoms with E-state index in [9.17, 15) is 35.5 Å². The summed E-state index contributed by atoms with van der Waals surface area (Å²) in [5.74, 6) is 0.714. The number of nitrogens with zero attached hydrogens (tertiary/aromatic N) is 2. The van der Waals surface area contributed by atoms with Crippen LogP contribution in [0.5, 0.6) is 34.5 Å². The number of hydrogen-bond donors (Lipinski definition) is 4. The standard InChI is InChI=1S/C43H46N4O14S2/c1-25-17-28(26-7-11-30(56-2)12-8-26)23-46(25)42(48)33-20-38(59-5)40(22-35(33)45-63(53,54)55)61-16-6-15-60-39-21-34-32(19-37(39)58-4)43(49)47-24-29(27-9-13-31(57-3)14-10-27)18-36(47)41(44-34)62(50,51)52/h7-14,19-25,36,41,44-45H,6,15-18H2,1-5H3,(H,50,51,52)(H,53,54,55). The second kappa shape index (κ2) is 18.1. The summed E-state index contributed by atoms with van der Waals surface area (Å²) in [5, 5.41) is 1.27. The third kappa shape index (κ3) is 9.63. The summed E-state index contributed by atoms with van der Waals surface area (Å²) >= 11 is 0. The molecule has 0 aromatic heterocycles. The predicted molar refractivity (Wildman–Crippen MR) is 232 cm³/mol. The number of methoxy groups -OCH3 is 4. The molecule has 0 aliphatic carbocycles. The zero-order chi connectivity index (χ0) is 45.2. The quantitative estimate of drug-likeness (QED) is 0.0752. The third-order valence-corrected chi connectivity index (χ3v) is 12.4. The normalized spacial score (nSPS) is 18.3. The van der Waals surface area contributed by atoms with Crippen LogP contribution < -0.4 is 38.5 Å². The van der Waals surface area contributed by atoms with Gasteiger partial charge in [-0.05, 0) is 78.4 Å². The molecule has 0 spiro atoms. The highest BCUT2D eigenvalue weighted by molar-refractivity contribution is 7.87. The van der Waals surface area contributed by atoms with Crippen LogP contribution in [-0.4, -0.2) is 107 Å². The first-order valence-electron chi connectivity index (χ1n) is 19.5. The molecule has 63 heavy (non-hydrogen) atoms. The monoisotopic (exact) mass is 906 g/mol. The number of anilines is 2. The average molecular weight is 907 g/mol. The third-order valence-electron chi connectivity index (χ3n) is 10.8. The van der Waals surface area contributed by atoms with Gasteiger partial charge in [-0.2, -0.15) is 16.8 Å². The van der Waals surface area contributed by atoms with Gasteiger partial charge in [-0.3, -0.25) is 23.4 Å². The molecule has 3 aliphatic heterocycles. The highest BCUT2D eigenvalue weighted by Gasteiger charge is 2.45. The van der Waals surface area contributed by atoms with E-state index < -0.39 is 43.7 Å². The summed E-state index contributed by atoms with van der Waals surface area (Å²) in [4.78, 5) is 30.8. The van der Waals surface area contributed by atoms with E-state index >= 15 is 0 Å². The van der Waals surface area contributed by atoms with Crippen LogP contribution >= 0.6 is 0 Å². The lowest BCUT2D eigenvalue weighted by Gasteiger charge is -2.26. The summed E-state index contributed by atoms with van der Waals surface area (Å²) in [7, 11) is -3.75. The smallest absolute Gasteiger partial charge is 0.357 e. The highest BCUT2D eigenvalue weighted by atomic mass is 32.2. The van der Waals surface area contributed by atoms with Crippen LogP contribution in [-0.2, 0) is 20.4 Å². The number of carbonyl (C=O) groups excluding carboxylic acids is 2. The molecule has 0 bridgehead atoms. The number of nitrogens with one attached hydrogen (secondary N) is 2. The van der Waals surface area contributed by atoms with Crippen molar-refractivity contribution in [1.29, 1.82) is 0 Å². The Hall–Kier alpha value is -6.48. The van der Waals surface area contributed by atoms with E-state index in [-0.39, 0.29) is 77.6 Å². The molecule has 4 N–H and O–H groups in total. The lowest BCUT2D eigenvalue weighted by atomic mass is 10.0. The summed E-state index contributed by atoms with van der Waals surface area (Å²) in [6.45, 7) is 1.85. The number of fused-ring (bicyclic) bond motifs is 2. The van der Waals surface area contributed by atoms with Crippen LogP contribution in [0.3, 0.4) is 0 Å². The Labute approximate surface area is 364 Å². The Morgan fingerprint density at radius 3 is 1.84 bits per heavy atom. The molecular weight excluding hydrogens is 861 g/mol. The predicted octanol–water partition coefficient (Wildman–Crippen LogP) is 5.95. The molecule has 334 valence electrons. The molecular formula is C43H46N4O14S2. The Morgan fingerprint density at radius 1 is 0.746 bits per heavy atom. The lowest BCUT2D eigenvalue weighted by Crippen LogP contribution is -2.46. The number of rotatable bonds is 16. The molecule has 0 saturated heterocycles. The molecule has 18 nitrogen and oxygen atoms in total. The summed E-state index contributed by atoms with van der Waals surface area (Å²) < 4.78 is 105. The Bertz CT molecular complexity index is 2690. The molecule has 4 aromatic carbocycles. The van der Waals surface area contributed by atoms with Crippen LogP contribution in [0.4, 0.5) is 11.4 Å². The summed E-state index contributed by atoms with van der Waals surface area (Å²) in [6, 6.07) is 18.6. The van der Waals surface area contributed by atoms with Gasteiger partial charge in [0.1, 0.15) is 11.5 Å². The molecule has 20 heteroatoms. The van der Waals surface area contributed by atoms with E-state index in [0.29, 0.717) is 23.5 Å². The van der Waals surface area contributed by atoms with E-state index in [4.69, 9.17) is 28.4 Å². The number of hydrogen-bond acceptors (Lipinski definition) is 13. The molecule has 0 saturated carbocycles. The number of benzene rings is 4. The van der Waals surface area contributed by atoms with Gasteiger partial charge in [0.2, 0.25) is 0 Å². The minimum Gasteiger partial charge on any atom is -0.497 e. The molecule has 4 aromatic rings. The van der Waals surface area contributed by atoms with Crippen LogP contribution in [0, 0.1) is 0 Å². The maximum Gasteiger partial charge on any atom is 0.357 e. The highest BCUT2D eigenvalue weighted by Crippen LogP contribution is 2.42. The summed E-state index contributed by atoms with van der Waals surface area (Å²) in [6.07, 6.45) is 4.16. The maximum atomic E-state index is 14.0. The van der Waals surface area contributed by atoms with Gasteiger partial charge in [-0.15, -0.1) is 0 Å². The van der Waals surface area contributed by atoms with Gasteiger partial charge < -0.3 is 43.5 Å². The first kappa shape index (κ1) is 44.6. The van der Waals surface area contributed by atoms with Gasteiger partial charge in [0.05, 0.1) is 70.2 Å². The lowest BCUT2D eigenvalue weighted by molar-refractivity contribution is 0.0784. The zero-order valence-corrected chi connectivity index (χ0v) is 36.5. The number of ether oxygens (including phenoxy) is 6. The molecule has 0 radical (unpaired) electrons. The number of amides is 2. The Kier molecular flexibility index (Phi) is 12.8. The Morgan fingerprint density at radius 2 is 1.30 bits per heavy atom. The van der Waals surface area contributed by atoms with Crippen LogP contribution in [0.1, 0.15) is 58.0 Å². The van der Waals surface area contributed by atoms with E-state index in [1.54, 1.807) is 43.8 Å². The first-order valence-corrected chi connectivity index (χ1v) is 22.5. The molecule has 3 unspecified atom stereocenters. The van der Waals surface area contributed by atoms with Gasteiger partial charge >= 0.3 is 10.3 Å². The minimum absolute atomic E-state index is 0.0122. The van der Waals surface area contributed by atoms with Crippen LogP contribution in [0.15, 0.2) is 85.2 Å². The molecule has 7 rings (SSSR count). The second-order valence-electron chi connectivity index (χ2n) is 14.8. The molecule has 3 heterocycles. The van der Waals surface area contributed by atoms with Gasteiger partial charge in [-0.25, -0.2) is 0 Å². The van der Waals surface area contributed by atoms with E-state index in [1.165, 1.54) is 55.4 Å². The second-order valence-corrected chi connectivity index (χ2v) is 17.5.